The molecule has 0 fully saturated rings. The number of aryl methyl sites for hydroxylation is 1. The average molecular weight is 225 g/mol. The number of methoxy groups -OCH3 is 1. The summed E-state index contributed by atoms with van der Waals surface area (Å²) in [5.74, 6) is 1.52. The molecule has 1 unspecified atom stereocenters. The minimum atomic E-state index is -0.178. The van der Waals surface area contributed by atoms with Crippen molar-refractivity contribution in [1.29, 1.82) is 0 Å². The number of rotatable bonds is 5. The summed E-state index contributed by atoms with van der Waals surface area (Å²) in [7, 11) is 3.37. The smallest absolute Gasteiger partial charge is 0.309 e. The van der Waals surface area contributed by atoms with Gasteiger partial charge in [-0.05, 0) is 26.1 Å². The van der Waals surface area contributed by atoms with E-state index in [2.05, 4.69) is 4.74 Å². The molecule has 0 saturated carbocycles. The molecule has 1 rings (SSSR count). The van der Waals surface area contributed by atoms with Crippen molar-refractivity contribution < 1.29 is 13.9 Å². The van der Waals surface area contributed by atoms with E-state index in [0.717, 1.165) is 11.5 Å². The molecule has 0 aliphatic heterocycles. The predicted molar refractivity (Wildman–Crippen MR) is 61.0 cm³/mol. The van der Waals surface area contributed by atoms with Crippen LogP contribution in [0.25, 0.3) is 0 Å². The number of hydrogen-bond donors (Lipinski definition) is 0. The summed E-state index contributed by atoms with van der Waals surface area (Å²) in [6, 6.07) is 3.89. The van der Waals surface area contributed by atoms with Crippen molar-refractivity contribution >= 4 is 5.97 Å². The Morgan fingerprint density at radius 2 is 2.25 bits per heavy atom. The number of carbonyl (C=O) groups is 1. The zero-order valence-electron chi connectivity index (χ0n) is 10.3. The SMILES string of the molecule is COC(=O)C(C)CN(C)Cc1ccc(C)o1. The first-order valence-corrected chi connectivity index (χ1v) is 5.34. The van der Waals surface area contributed by atoms with Gasteiger partial charge in [0.05, 0.1) is 19.6 Å². The third kappa shape index (κ3) is 3.70. The molecule has 0 radical (unpaired) electrons. The van der Waals surface area contributed by atoms with Crippen LogP contribution < -0.4 is 0 Å². The summed E-state index contributed by atoms with van der Waals surface area (Å²) in [6.07, 6.45) is 0. The van der Waals surface area contributed by atoms with Crippen molar-refractivity contribution in [1.82, 2.24) is 4.90 Å². The lowest BCUT2D eigenvalue weighted by molar-refractivity contribution is -0.145. The summed E-state index contributed by atoms with van der Waals surface area (Å²) in [5.41, 5.74) is 0. The molecule has 0 spiro atoms. The molecular weight excluding hydrogens is 206 g/mol. The molecular formula is C12H19NO3. The van der Waals surface area contributed by atoms with Crippen molar-refractivity contribution in [3.05, 3.63) is 23.7 Å². The van der Waals surface area contributed by atoms with E-state index in [1.54, 1.807) is 0 Å². The average Bonchev–Trinajstić information content (AvgIpc) is 2.62. The fraction of sp³-hybridized carbons (Fsp3) is 0.583. The third-order valence-electron chi connectivity index (χ3n) is 2.41. The Morgan fingerprint density at radius 1 is 1.56 bits per heavy atom. The van der Waals surface area contributed by atoms with Crippen LogP contribution in [0.2, 0.25) is 0 Å². The van der Waals surface area contributed by atoms with Crippen LogP contribution in [0.5, 0.6) is 0 Å². The minimum Gasteiger partial charge on any atom is -0.469 e. The summed E-state index contributed by atoms with van der Waals surface area (Å²) in [6.45, 7) is 5.14. The maximum absolute atomic E-state index is 11.2. The van der Waals surface area contributed by atoms with Crippen LogP contribution in [0.15, 0.2) is 16.5 Å². The zero-order valence-corrected chi connectivity index (χ0v) is 10.3. The van der Waals surface area contributed by atoms with Gasteiger partial charge in [0.2, 0.25) is 0 Å². The summed E-state index contributed by atoms with van der Waals surface area (Å²) in [5, 5.41) is 0. The maximum Gasteiger partial charge on any atom is 0.309 e. The topological polar surface area (TPSA) is 42.7 Å². The monoisotopic (exact) mass is 225 g/mol. The van der Waals surface area contributed by atoms with E-state index in [4.69, 9.17) is 4.42 Å². The van der Waals surface area contributed by atoms with Gasteiger partial charge in [-0.1, -0.05) is 6.92 Å². The molecule has 0 saturated heterocycles. The molecule has 0 aliphatic rings. The Kier molecular flexibility index (Phi) is 4.55. The molecule has 1 heterocycles. The number of hydrogen-bond acceptors (Lipinski definition) is 4. The Balaban J connectivity index is 2.41. The highest BCUT2D eigenvalue weighted by Crippen LogP contribution is 2.10. The van der Waals surface area contributed by atoms with E-state index in [1.165, 1.54) is 7.11 Å². The van der Waals surface area contributed by atoms with Gasteiger partial charge in [0.15, 0.2) is 0 Å². The standard InChI is InChI=1S/C12H19NO3/c1-9(12(14)15-4)7-13(3)8-11-6-5-10(2)16-11/h5-6,9H,7-8H2,1-4H3. The Hall–Kier alpha value is -1.29. The molecule has 1 aromatic rings. The van der Waals surface area contributed by atoms with Crippen molar-refractivity contribution in [2.45, 2.75) is 20.4 Å². The fourth-order valence-electron chi connectivity index (χ4n) is 1.64. The number of carbonyl (C=O) groups excluding carboxylic acids is 1. The van der Waals surface area contributed by atoms with E-state index >= 15 is 0 Å². The highest BCUT2D eigenvalue weighted by atomic mass is 16.5. The normalized spacial score (nSPS) is 12.8. The van der Waals surface area contributed by atoms with Crippen LogP contribution in [0.4, 0.5) is 0 Å². The first-order valence-electron chi connectivity index (χ1n) is 5.34. The van der Waals surface area contributed by atoms with Gasteiger partial charge in [-0.3, -0.25) is 9.69 Å². The minimum absolute atomic E-state index is 0.119. The van der Waals surface area contributed by atoms with Crippen LogP contribution in [0.1, 0.15) is 18.4 Å². The van der Waals surface area contributed by atoms with Gasteiger partial charge >= 0.3 is 5.97 Å². The highest BCUT2D eigenvalue weighted by molar-refractivity contribution is 5.72. The molecule has 1 aromatic heterocycles. The van der Waals surface area contributed by atoms with E-state index in [9.17, 15) is 4.79 Å². The lowest BCUT2D eigenvalue weighted by atomic mass is 10.2. The van der Waals surface area contributed by atoms with Gasteiger partial charge in [-0.25, -0.2) is 0 Å². The Morgan fingerprint density at radius 3 is 2.75 bits per heavy atom. The zero-order chi connectivity index (χ0) is 12.1. The Labute approximate surface area is 96.2 Å². The molecule has 0 bridgehead atoms. The number of ether oxygens (including phenoxy) is 1. The lowest BCUT2D eigenvalue weighted by Gasteiger charge is -2.18. The van der Waals surface area contributed by atoms with Crippen molar-refractivity contribution in [3.63, 3.8) is 0 Å². The van der Waals surface area contributed by atoms with Crippen LogP contribution in [-0.4, -0.2) is 31.6 Å². The van der Waals surface area contributed by atoms with Crippen molar-refractivity contribution in [3.8, 4) is 0 Å². The molecule has 16 heavy (non-hydrogen) atoms. The fourth-order valence-corrected chi connectivity index (χ4v) is 1.64. The van der Waals surface area contributed by atoms with Gasteiger partial charge in [0.25, 0.3) is 0 Å². The van der Waals surface area contributed by atoms with Crippen molar-refractivity contribution in [2.75, 3.05) is 20.7 Å². The molecule has 1 atom stereocenters. The second-order valence-corrected chi connectivity index (χ2v) is 4.13. The molecule has 4 heteroatoms. The van der Waals surface area contributed by atoms with Crippen LogP contribution in [-0.2, 0) is 16.1 Å². The first kappa shape index (κ1) is 12.8. The van der Waals surface area contributed by atoms with Crippen molar-refractivity contribution in [2.24, 2.45) is 5.92 Å². The third-order valence-corrected chi connectivity index (χ3v) is 2.41. The summed E-state index contributed by atoms with van der Waals surface area (Å²) >= 11 is 0. The second kappa shape index (κ2) is 5.70. The molecule has 0 aromatic carbocycles. The van der Waals surface area contributed by atoms with Gasteiger partial charge in [-0.2, -0.15) is 0 Å². The summed E-state index contributed by atoms with van der Waals surface area (Å²) in [4.78, 5) is 13.3. The van der Waals surface area contributed by atoms with E-state index in [0.29, 0.717) is 13.1 Å². The molecule has 0 amide bonds. The molecule has 0 N–H and O–H groups in total. The Bertz CT molecular complexity index is 346. The molecule has 90 valence electrons. The number of furan rings is 1. The largest absolute Gasteiger partial charge is 0.469 e. The number of esters is 1. The van der Waals surface area contributed by atoms with Gasteiger partial charge in [0.1, 0.15) is 11.5 Å². The van der Waals surface area contributed by atoms with Crippen LogP contribution >= 0.6 is 0 Å². The number of nitrogens with zero attached hydrogens (tertiary/aromatic N) is 1. The van der Waals surface area contributed by atoms with Crippen LogP contribution in [0.3, 0.4) is 0 Å². The van der Waals surface area contributed by atoms with Crippen LogP contribution in [0, 0.1) is 12.8 Å². The lowest BCUT2D eigenvalue weighted by Crippen LogP contribution is -2.28. The maximum atomic E-state index is 11.2. The first-order chi connectivity index (χ1) is 7.52. The van der Waals surface area contributed by atoms with E-state index in [1.807, 2.05) is 37.9 Å². The van der Waals surface area contributed by atoms with Gasteiger partial charge < -0.3 is 9.15 Å². The predicted octanol–water partition coefficient (Wildman–Crippen LogP) is 1.83. The van der Waals surface area contributed by atoms with E-state index < -0.39 is 0 Å². The van der Waals surface area contributed by atoms with E-state index in [-0.39, 0.29) is 11.9 Å². The summed E-state index contributed by atoms with van der Waals surface area (Å²) < 4.78 is 10.1. The van der Waals surface area contributed by atoms with Gasteiger partial charge in [-0.15, -0.1) is 0 Å². The highest BCUT2D eigenvalue weighted by Gasteiger charge is 2.16. The second-order valence-electron chi connectivity index (χ2n) is 4.13. The van der Waals surface area contributed by atoms with Gasteiger partial charge in [0, 0.05) is 6.54 Å². The molecule has 4 nitrogen and oxygen atoms in total. The quantitative estimate of drug-likeness (QED) is 0.717. The molecule has 0 aliphatic carbocycles.